The van der Waals surface area contributed by atoms with Gasteiger partial charge in [-0.05, 0) is 44.2 Å². The van der Waals surface area contributed by atoms with E-state index >= 15 is 0 Å². The highest BCUT2D eigenvalue weighted by Crippen LogP contribution is 2.26. The quantitative estimate of drug-likeness (QED) is 0.917. The lowest BCUT2D eigenvalue weighted by Crippen LogP contribution is -2.30. The van der Waals surface area contributed by atoms with Gasteiger partial charge >= 0.3 is 0 Å². The van der Waals surface area contributed by atoms with Gasteiger partial charge in [0.15, 0.2) is 0 Å². The molecule has 1 aliphatic heterocycles. The molecule has 3 rings (SSSR count). The Kier molecular flexibility index (Phi) is 3.81. The van der Waals surface area contributed by atoms with Crippen molar-refractivity contribution in [3.8, 4) is 5.75 Å². The fourth-order valence-corrected chi connectivity index (χ4v) is 3.02. The number of carbonyl (C=O) groups is 1. The zero-order valence-electron chi connectivity index (χ0n) is 12.0. The van der Waals surface area contributed by atoms with Crippen LogP contribution in [-0.4, -0.2) is 36.5 Å². The Balaban J connectivity index is 1.63. The molecule has 1 aliphatic carbocycles. The maximum absolute atomic E-state index is 11.9. The number of amides is 1. The summed E-state index contributed by atoms with van der Waals surface area (Å²) in [7, 11) is 1.85. The number of hydrogen-bond donors (Lipinski definition) is 1. The fourth-order valence-electron chi connectivity index (χ4n) is 3.02. The third kappa shape index (κ3) is 2.89. The van der Waals surface area contributed by atoms with E-state index in [1.807, 2.05) is 31.3 Å². The molecule has 1 amide bonds. The molecule has 1 N–H and O–H groups in total. The van der Waals surface area contributed by atoms with Crippen molar-refractivity contribution in [2.75, 3.05) is 18.9 Å². The summed E-state index contributed by atoms with van der Waals surface area (Å²) in [5.74, 6) is 1.08. The third-order valence-corrected chi connectivity index (χ3v) is 4.21. The summed E-state index contributed by atoms with van der Waals surface area (Å²) < 4.78 is 5.99. The average Bonchev–Trinajstić information content (AvgIpc) is 3.05. The Morgan fingerprint density at radius 1 is 1.25 bits per heavy atom. The molecule has 108 valence electrons. The summed E-state index contributed by atoms with van der Waals surface area (Å²) in [6.07, 6.45) is 6.08. The normalized spacial score (nSPS) is 23.4. The molecule has 0 bridgehead atoms. The second kappa shape index (κ2) is 5.73. The van der Waals surface area contributed by atoms with Gasteiger partial charge in [-0.15, -0.1) is 0 Å². The monoisotopic (exact) mass is 274 g/mol. The first-order valence-electron chi connectivity index (χ1n) is 7.50. The van der Waals surface area contributed by atoms with Gasteiger partial charge in [-0.2, -0.15) is 0 Å². The van der Waals surface area contributed by atoms with Crippen molar-refractivity contribution in [3.05, 3.63) is 24.3 Å². The maximum Gasteiger partial charge on any atom is 0.244 e. The number of nitrogens with zero attached hydrogens (tertiary/aromatic N) is 1. The third-order valence-electron chi connectivity index (χ3n) is 4.21. The number of hydrogen-bond acceptors (Lipinski definition) is 3. The van der Waals surface area contributed by atoms with Crippen molar-refractivity contribution in [3.63, 3.8) is 0 Å². The van der Waals surface area contributed by atoms with E-state index in [4.69, 9.17) is 4.74 Å². The smallest absolute Gasteiger partial charge is 0.244 e. The van der Waals surface area contributed by atoms with Crippen LogP contribution in [0, 0.1) is 0 Å². The van der Waals surface area contributed by atoms with Gasteiger partial charge in [-0.25, -0.2) is 0 Å². The molecule has 1 saturated carbocycles. The zero-order valence-corrected chi connectivity index (χ0v) is 12.0. The van der Waals surface area contributed by atoms with Crippen LogP contribution in [-0.2, 0) is 4.79 Å². The molecule has 2 fully saturated rings. The van der Waals surface area contributed by atoms with Crippen molar-refractivity contribution in [1.82, 2.24) is 4.90 Å². The lowest BCUT2D eigenvalue weighted by atomic mass is 10.2. The van der Waals surface area contributed by atoms with Crippen LogP contribution in [0.5, 0.6) is 5.75 Å². The van der Waals surface area contributed by atoms with E-state index in [1.54, 1.807) is 4.90 Å². The summed E-state index contributed by atoms with van der Waals surface area (Å²) in [5, 5.41) is 3.32. The van der Waals surface area contributed by atoms with Gasteiger partial charge < -0.3 is 15.0 Å². The molecular weight excluding hydrogens is 252 g/mol. The Morgan fingerprint density at radius 2 is 2.05 bits per heavy atom. The lowest BCUT2D eigenvalue weighted by Gasteiger charge is -2.16. The molecule has 1 aromatic rings. The van der Waals surface area contributed by atoms with E-state index in [1.165, 1.54) is 12.8 Å². The molecule has 0 unspecified atom stereocenters. The average molecular weight is 274 g/mol. The first-order chi connectivity index (χ1) is 9.72. The number of benzene rings is 1. The minimum atomic E-state index is -0.0956. The van der Waals surface area contributed by atoms with Crippen molar-refractivity contribution in [2.45, 2.75) is 44.2 Å². The number of rotatable bonds is 4. The van der Waals surface area contributed by atoms with Crippen molar-refractivity contribution < 1.29 is 9.53 Å². The van der Waals surface area contributed by atoms with Crippen molar-refractivity contribution >= 4 is 11.6 Å². The largest absolute Gasteiger partial charge is 0.490 e. The number of ether oxygens (including phenoxy) is 1. The molecule has 0 radical (unpaired) electrons. The molecule has 4 heteroatoms. The van der Waals surface area contributed by atoms with E-state index in [2.05, 4.69) is 5.32 Å². The molecule has 1 aromatic carbocycles. The molecular formula is C16H22N2O2. The van der Waals surface area contributed by atoms with E-state index in [0.29, 0.717) is 6.10 Å². The second-order valence-electron chi connectivity index (χ2n) is 5.80. The van der Waals surface area contributed by atoms with Crippen LogP contribution >= 0.6 is 0 Å². The highest BCUT2D eigenvalue weighted by atomic mass is 16.5. The number of likely N-dealkylation sites (tertiary alicyclic amines) is 1. The van der Waals surface area contributed by atoms with Crippen LogP contribution in [0.2, 0.25) is 0 Å². The van der Waals surface area contributed by atoms with Crippen molar-refractivity contribution in [2.24, 2.45) is 0 Å². The van der Waals surface area contributed by atoms with Gasteiger partial charge in [0.1, 0.15) is 11.8 Å². The highest BCUT2D eigenvalue weighted by molar-refractivity contribution is 5.86. The minimum Gasteiger partial charge on any atom is -0.490 e. The molecule has 1 atom stereocenters. The predicted octanol–water partition coefficient (Wildman–Crippen LogP) is 2.65. The van der Waals surface area contributed by atoms with Crippen molar-refractivity contribution in [1.29, 1.82) is 0 Å². The summed E-state index contributed by atoms with van der Waals surface area (Å²) in [4.78, 5) is 13.7. The summed E-state index contributed by atoms with van der Waals surface area (Å²) in [6.45, 7) is 0.828. The Labute approximate surface area is 120 Å². The van der Waals surface area contributed by atoms with Crippen LogP contribution in [0.1, 0.15) is 32.1 Å². The van der Waals surface area contributed by atoms with Crippen LogP contribution in [0.4, 0.5) is 5.69 Å². The molecule has 2 aliphatic rings. The molecule has 1 saturated heterocycles. The Bertz CT molecular complexity index is 483. The van der Waals surface area contributed by atoms with Gasteiger partial charge in [0, 0.05) is 25.3 Å². The number of anilines is 1. The summed E-state index contributed by atoms with van der Waals surface area (Å²) in [6, 6.07) is 7.88. The zero-order chi connectivity index (χ0) is 13.9. The fraction of sp³-hybridized carbons (Fsp3) is 0.562. The van der Waals surface area contributed by atoms with Gasteiger partial charge in [0.25, 0.3) is 0 Å². The van der Waals surface area contributed by atoms with E-state index < -0.39 is 0 Å². The van der Waals surface area contributed by atoms with Gasteiger partial charge in [-0.3, -0.25) is 4.79 Å². The number of likely N-dealkylation sites (N-methyl/N-ethyl adjacent to an activating group) is 1. The Hall–Kier alpha value is -1.71. The number of nitrogens with one attached hydrogen (secondary N) is 1. The molecule has 4 nitrogen and oxygen atoms in total. The summed E-state index contributed by atoms with van der Waals surface area (Å²) >= 11 is 0. The van der Waals surface area contributed by atoms with Gasteiger partial charge in [0.05, 0.1) is 6.10 Å². The Morgan fingerprint density at radius 3 is 2.75 bits per heavy atom. The van der Waals surface area contributed by atoms with Gasteiger partial charge in [0.2, 0.25) is 5.91 Å². The van der Waals surface area contributed by atoms with Gasteiger partial charge in [-0.1, -0.05) is 6.07 Å². The van der Waals surface area contributed by atoms with Crippen LogP contribution in [0.3, 0.4) is 0 Å². The maximum atomic E-state index is 11.9. The van der Waals surface area contributed by atoms with E-state index in [0.717, 1.165) is 37.2 Å². The standard InChI is InChI=1S/C16H22N2O2/c1-18-10-9-15(16(18)19)17-12-5-4-8-14(11-12)20-13-6-2-3-7-13/h4-5,8,11,13,15,17H,2-3,6-7,9-10H2,1H3/t15-/m0/s1. The van der Waals surface area contributed by atoms with Crippen LogP contribution < -0.4 is 10.1 Å². The highest BCUT2D eigenvalue weighted by Gasteiger charge is 2.28. The predicted molar refractivity (Wildman–Crippen MR) is 79.0 cm³/mol. The van der Waals surface area contributed by atoms with E-state index in [9.17, 15) is 4.79 Å². The number of carbonyl (C=O) groups excluding carboxylic acids is 1. The molecule has 0 spiro atoms. The molecule has 20 heavy (non-hydrogen) atoms. The summed E-state index contributed by atoms with van der Waals surface area (Å²) in [5.41, 5.74) is 0.967. The SMILES string of the molecule is CN1CC[C@H](Nc2cccc(OC3CCCC3)c2)C1=O. The van der Waals surface area contributed by atoms with Crippen LogP contribution in [0.15, 0.2) is 24.3 Å². The first-order valence-corrected chi connectivity index (χ1v) is 7.50. The molecule has 1 heterocycles. The second-order valence-corrected chi connectivity index (χ2v) is 5.80. The topological polar surface area (TPSA) is 41.6 Å². The van der Waals surface area contributed by atoms with Crippen LogP contribution in [0.25, 0.3) is 0 Å². The first kappa shape index (κ1) is 13.3. The molecule has 0 aromatic heterocycles. The lowest BCUT2D eigenvalue weighted by molar-refractivity contribution is -0.127. The minimum absolute atomic E-state index is 0.0956. The van der Waals surface area contributed by atoms with E-state index in [-0.39, 0.29) is 11.9 Å².